The van der Waals surface area contributed by atoms with Crippen molar-refractivity contribution in [3.63, 3.8) is 0 Å². The summed E-state index contributed by atoms with van der Waals surface area (Å²) in [6.07, 6.45) is 0. The van der Waals surface area contributed by atoms with Gasteiger partial charge >= 0.3 is 41.4 Å². The molecule has 0 unspecified atom stereocenters. The zero-order valence-corrected chi connectivity index (χ0v) is 19.5. The Bertz CT molecular complexity index is 292. The number of hydrogen-bond acceptors (Lipinski definition) is 6. The third kappa shape index (κ3) is 13.0. The van der Waals surface area contributed by atoms with Crippen LogP contribution in [-0.2, 0) is 10.9 Å². The monoisotopic (exact) mass is 516 g/mol. The molecule has 0 atom stereocenters. The van der Waals surface area contributed by atoms with Gasteiger partial charge in [-0.15, -0.1) is 23.2 Å². The number of rotatable bonds is 0. The average Bonchev–Trinajstić information content (AvgIpc) is 2.56. The van der Waals surface area contributed by atoms with Gasteiger partial charge in [-0.05, 0) is 0 Å². The van der Waals surface area contributed by atoms with Gasteiger partial charge < -0.3 is 31.9 Å². The summed E-state index contributed by atoms with van der Waals surface area (Å²) in [5.74, 6) is 0. The third-order valence-electron chi connectivity index (χ3n) is 4.09. The zero-order valence-electron chi connectivity index (χ0n) is 14.7. The van der Waals surface area contributed by atoms with E-state index in [-0.39, 0.29) is 9.75 Å². The fourth-order valence-corrected chi connectivity index (χ4v) is 3.35. The molecule has 6 nitrogen and oxygen atoms in total. The Kier molecular flexibility index (Phi) is 14.5. The first kappa shape index (κ1) is 25.8. The molecule has 0 saturated carbocycles. The topological polar surface area (TPSA) is 72.2 Å². The van der Waals surface area contributed by atoms with E-state index >= 15 is 0 Å². The molecule has 3 aliphatic rings. The predicted molar refractivity (Wildman–Crippen MR) is 112 cm³/mol. The third-order valence-corrected chi connectivity index (χ3v) is 4.89. The van der Waals surface area contributed by atoms with Crippen LogP contribution in [-0.4, -0.2) is 88.3 Å². The summed E-state index contributed by atoms with van der Waals surface area (Å²) in [6, 6.07) is 0. The molecule has 12 heteroatoms. The van der Waals surface area contributed by atoms with Gasteiger partial charge in [0.15, 0.2) is 0 Å². The quantitative estimate of drug-likeness (QED) is 0.264. The molecule has 0 amide bonds. The number of halogens is 5. The van der Waals surface area contributed by atoms with E-state index in [9.17, 15) is 0 Å². The van der Waals surface area contributed by atoms with Crippen LogP contribution in [0.5, 0.6) is 0 Å². The van der Waals surface area contributed by atoms with Crippen LogP contribution in [0.25, 0.3) is 0 Å². The molecule has 0 aromatic heterocycles. The fraction of sp³-hybridized carbons (Fsp3) is 1.00. The molecule has 3 rings (SSSR count). The molecule has 0 aliphatic carbocycles. The average molecular weight is 519 g/mol. The minimum absolute atomic E-state index is 0.301. The van der Waals surface area contributed by atoms with Gasteiger partial charge in [-0.25, -0.2) is 0 Å². The van der Waals surface area contributed by atoms with Crippen molar-refractivity contribution in [2.75, 3.05) is 78.5 Å². The van der Waals surface area contributed by atoms with Crippen molar-refractivity contribution in [1.82, 2.24) is 31.9 Å². The first-order valence-corrected chi connectivity index (χ1v) is 13.7. The van der Waals surface area contributed by atoms with Crippen LogP contribution in [0.2, 0.25) is 0 Å². The SMILES string of the molecule is ClC12CNCCNCC(Cl)(CNCCNC1)CNCCNC2.[Cl][Co]([Cl])[Cl]. The van der Waals surface area contributed by atoms with E-state index in [0.29, 0.717) is 0 Å². The summed E-state index contributed by atoms with van der Waals surface area (Å²) in [4.78, 5) is -0.602. The molecule has 0 aromatic carbocycles. The van der Waals surface area contributed by atoms with Gasteiger partial charge in [0.05, 0.1) is 9.75 Å². The van der Waals surface area contributed by atoms with Crippen LogP contribution >= 0.6 is 53.6 Å². The normalized spacial score (nSPS) is 33.3. The van der Waals surface area contributed by atoms with Crippen LogP contribution in [0.15, 0.2) is 0 Å². The minimum atomic E-state index is -1.19. The van der Waals surface area contributed by atoms with E-state index in [1.165, 1.54) is 0 Å². The second-order valence-electron chi connectivity index (χ2n) is 6.51. The molecule has 3 aliphatic heterocycles. The molecule has 3 fully saturated rings. The van der Waals surface area contributed by atoms with Crippen LogP contribution < -0.4 is 31.9 Å². The Balaban J connectivity index is 0.000000765. The van der Waals surface area contributed by atoms with Crippen molar-refractivity contribution in [2.24, 2.45) is 0 Å². The van der Waals surface area contributed by atoms with Gasteiger partial charge in [-0.1, -0.05) is 0 Å². The Morgan fingerprint density at radius 1 is 0.462 bits per heavy atom. The number of hydrogen-bond donors (Lipinski definition) is 6. The Labute approximate surface area is 184 Å². The summed E-state index contributed by atoms with van der Waals surface area (Å²) >= 11 is 13.6. The molecule has 6 N–H and O–H groups in total. The predicted octanol–water partition coefficient (Wildman–Crippen LogP) is 0.572. The number of alkyl halides is 2. The molecule has 26 heavy (non-hydrogen) atoms. The summed E-state index contributed by atoms with van der Waals surface area (Å²) in [7, 11) is 13.4. The van der Waals surface area contributed by atoms with Crippen LogP contribution in [0, 0.1) is 0 Å². The van der Waals surface area contributed by atoms with Gasteiger partial charge in [-0.3, -0.25) is 0 Å². The van der Waals surface area contributed by atoms with E-state index in [0.717, 1.165) is 78.5 Å². The van der Waals surface area contributed by atoms with E-state index in [2.05, 4.69) is 31.9 Å². The second kappa shape index (κ2) is 14.7. The van der Waals surface area contributed by atoms with E-state index in [1.54, 1.807) is 0 Å². The van der Waals surface area contributed by atoms with Gasteiger partial charge in [0.1, 0.15) is 0 Å². The standard InChI is InChI=1S/C14H30Cl2N6.3ClH.Co/c15-13-7-17-1-2-18-8-14(16,11-21-5-3-19-9-13)12-22-6-4-20-10-13;;;;/h17-22H,1-12H2;3*1H;/q;;;;+3/p-3. The Morgan fingerprint density at radius 2 is 0.615 bits per heavy atom. The van der Waals surface area contributed by atoms with Crippen molar-refractivity contribution in [1.29, 1.82) is 0 Å². The second-order valence-corrected chi connectivity index (χ2v) is 13.3. The van der Waals surface area contributed by atoms with Crippen LogP contribution in [0.4, 0.5) is 0 Å². The molecule has 3 saturated heterocycles. The molecule has 2 bridgehead atoms. The molecule has 160 valence electrons. The van der Waals surface area contributed by atoms with Crippen LogP contribution in [0.1, 0.15) is 0 Å². The first-order chi connectivity index (χ1) is 12.4. The summed E-state index contributed by atoms with van der Waals surface area (Å²) in [6.45, 7) is 10.0. The van der Waals surface area contributed by atoms with Crippen molar-refractivity contribution >= 4 is 53.6 Å². The summed E-state index contributed by atoms with van der Waals surface area (Å²) < 4.78 is 0. The molecular formula is C14H30Cl5CoN6. The summed E-state index contributed by atoms with van der Waals surface area (Å²) in [5, 5.41) is 20.7. The maximum atomic E-state index is 6.79. The van der Waals surface area contributed by atoms with E-state index in [1.807, 2.05) is 0 Å². The molecular weight excluding hydrogens is 488 g/mol. The van der Waals surface area contributed by atoms with E-state index in [4.69, 9.17) is 53.6 Å². The Morgan fingerprint density at radius 3 is 0.769 bits per heavy atom. The molecule has 0 radical (unpaired) electrons. The van der Waals surface area contributed by atoms with Gasteiger partial charge in [0.25, 0.3) is 0 Å². The van der Waals surface area contributed by atoms with Gasteiger partial charge in [0, 0.05) is 78.5 Å². The Hall–Kier alpha value is 1.72. The summed E-state index contributed by atoms with van der Waals surface area (Å²) in [5.41, 5.74) is 0. The number of fused-ring (bicyclic) bond motifs is 15. The van der Waals surface area contributed by atoms with Crippen molar-refractivity contribution in [2.45, 2.75) is 9.75 Å². The molecule has 3 heterocycles. The van der Waals surface area contributed by atoms with Crippen molar-refractivity contribution in [3.8, 4) is 0 Å². The maximum absolute atomic E-state index is 6.79. The fourth-order valence-electron chi connectivity index (χ4n) is 2.78. The van der Waals surface area contributed by atoms with Crippen LogP contribution in [0.3, 0.4) is 0 Å². The first-order valence-electron chi connectivity index (χ1n) is 8.62. The molecule has 0 spiro atoms. The zero-order chi connectivity index (χ0) is 19.3. The van der Waals surface area contributed by atoms with Crippen molar-refractivity contribution < 1.29 is 10.9 Å². The number of nitrogens with one attached hydrogen (secondary N) is 6. The van der Waals surface area contributed by atoms with E-state index < -0.39 is 10.9 Å². The molecule has 0 aromatic rings. The van der Waals surface area contributed by atoms with Gasteiger partial charge in [-0.2, -0.15) is 0 Å². The van der Waals surface area contributed by atoms with Crippen molar-refractivity contribution in [3.05, 3.63) is 0 Å². The van der Waals surface area contributed by atoms with Gasteiger partial charge in [0.2, 0.25) is 0 Å².